The van der Waals surface area contributed by atoms with Crippen LogP contribution in [0.4, 0.5) is 0 Å². The molecule has 1 aromatic heterocycles. The fourth-order valence-corrected chi connectivity index (χ4v) is 2.83. The van der Waals surface area contributed by atoms with Gasteiger partial charge in [0.15, 0.2) is 6.29 Å². The van der Waals surface area contributed by atoms with Crippen molar-refractivity contribution in [2.75, 3.05) is 6.61 Å². The number of benzene rings is 2. The summed E-state index contributed by atoms with van der Waals surface area (Å²) in [6, 6.07) is 16.1. The molecule has 0 unspecified atom stereocenters. The number of nitrogens with zero attached hydrogens (tertiary/aromatic N) is 1. The third-order valence-corrected chi connectivity index (χ3v) is 4.00. The first-order chi connectivity index (χ1) is 11.3. The molecule has 0 radical (unpaired) electrons. The van der Waals surface area contributed by atoms with Crippen molar-refractivity contribution in [3.05, 3.63) is 65.9 Å². The molecule has 0 aliphatic carbocycles. The summed E-state index contributed by atoms with van der Waals surface area (Å²) < 4.78 is 7.93. The average Bonchev–Trinajstić information content (AvgIpc) is 2.93. The van der Waals surface area contributed by atoms with Gasteiger partial charge in [0.2, 0.25) is 0 Å². The van der Waals surface area contributed by atoms with Crippen LogP contribution in [0.25, 0.3) is 10.9 Å². The van der Waals surface area contributed by atoms with Gasteiger partial charge in [-0.05, 0) is 43.5 Å². The molecule has 0 atom stereocenters. The lowest BCUT2D eigenvalue weighted by Crippen LogP contribution is -2.01. The number of para-hydroxylation sites is 1. The van der Waals surface area contributed by atoms with E-state index < -0.39 is 0 Å². The molecule has 118 valence electrons. The van der Waals surface area contributed by atoms with Crippen molar-refractivity contribution in [2.24, 2.45) is 0 Å². The molecule has 3 rings (SSSR count). The first-order valence-corrected chi connectivity index (χ1v) is 8.00. The smallest absolute Gasteiger partial charge is 0.152 e. The molecule has 23 heavy (non-hydrogen) atoms. The summed E-state index contributed by atoms with van der Waals surface area (Å²) in [6.07, 6.45) is 4.87. The molecule has 0 spiro atoms. The lowest BCUT2D eigenvalue weighted by Gasteiger charge is -2.08. The highest BCUT2D eigenvalue weighted by Gasteiger charge is 2.06. The number of ether oxygens (including phenoxy) is 1. The maximum absolute atomic E-state index is 11.2. The van der Waals surface area contributed by atoms with Crippen LogP contribution < -0.4 is 4.74 Å². The van der Waals surface area contributed by atoms with Crippen molar-refractivity contribution in [3.8, 4) is 5.75 Å². The van der Waals surface area contributed by atoms with Crippen LogP contribution in [0.3, 0.4) is 0 Å². The molecule has 0 bridgehead atoms. The zero-order chi connectivity index (χ0) is 16.1. The highest BCUT2D eigenvalue weighted by Crippen LogP contribution is 2.20. The molecule has 0 saturated heterocycles. The van der Waals surface area contributed by atoms with Crippen LogP contribution in [0.15, 0.2) is 54.7 Å². The fraction of sp³-hybridized carbons (Fsp3) is 0.250. The molecule has 0 amide bonds. The zero-order valence-corrected chi connectivity index (χ0v) is 13.4. The second-order valence-corrected chi connectivity index (χ2v) is 5.78. The van der Waals surface area contributed by atoms with E-state index in [1.165, 1.54) is 5.56 Å². The Hall–Kier alpha value is -2.55. The number of aldehydes is 1. The second-order valence-electron chi connectivity index (χ2n) is 5.78. The Morgan fingerprint density at radius 2 is 1.96 bits per heavy atom. The van der Waals surface area contributed by atoms with E-state index in [0.717, 1.165) is 47.9 Å². The third-order valence-electron chi connectivity index (χ3n) is 4.00. The highest BCUT2D eigenvalue weighted by atomic mass is 16.5. The van der Waals surface area contributed by atoms with Crippen molar-refractivity contribution in [1.29, 1.82) is 0 Å². The maximum Gasteiger partial charge on any atom is 0.152 e. The molecular formula is C20H21NO2. The predicted molar refractivity (Wildman–Crippen MR) is 93.2 cm³/mol. The van der Waals surface area contributed by atoms with E-state index in [0.29, 0.717) is 6.61 Å². The van der Waals surface area contributed by atoms with Crippen LogP contribution in [0.5, 0.6) is 5.75 Å². The van der Waals surface area contributed by atoms with Crippen molar-refractivity contribution in [1.82, 2.24) is 4.57 Å². The Morgan fingerprint density at radius 3 is 2.78 bits per heavy atom. The number of unbranched alkanes of at least 4 members (excludes halogenated alkanes) is 1. The largest absolute Gasteiger partial charge is 0.494 e. The van der Waals surface area contributed by atoms with E-state index in [1.807, 2.05) is 36.5 Å². The zero-order valence-electron chi connectivity index (χ0n) is 13.4. The second kappa shape index (κ2) is 7.14. The van der Waals surface area contributed by atoms with Crippen molar-refractivity contribution in [2.45, 2.75) is 26.3 Å². The summed E-state index contributed by atoms with van der Waals surface area (Å²) in [7, 11) is 0. The first-order valence-electron chi connectivity index (χ1n) is 8.00. The van der Waals surface area contributed by atoms with Crippen LogP contribution in [-0.2, 0) is 6.54 Å². The van der Waals surface area contributed by atoms with E-state index in [1.54, 1.807) is 0 Å². The summed E-state index contributed by atoms with van der Waals surface area (Å²) in [5, 5.41) is 1.03. The first kappa shape index (κ1) is 15.3. The summed E-state index contributed by atoms with van der Waals surface area (Å²) in [5.74, 6) is 0.930. The maximum atomic E-state index is 11.2. The summed E-state index contributed by atoms with van der Waals surface area (Å²) in [4.78, 5) is 11.2. The summed E-state index contributed by atoms with van der Waals surface area (Å²) in [6.45, 7) is 3.67. The van der Waals surface area contributed by atoms with E-state index in [9.17, 15) is 4.79 Å². The SMILES string of the molecule is Cc1cccc(OCCCCn2cc(C=O)c3ccccc32)c1. The van der Waals surface area contributed by atoms with E-state index in [-0.39, 0.29) is 0 Å². The fourth-order valence-electron chi connectivity index (χ4n) is 2.83. The van der Waals surface area contributed by atoms with E-state index in [4.69, 9.17) is 4.74 Å². The van der Waals surface area contributed by atoms with Crippen LogP contribution in [0.2, 0.25) is 0 Å². The molecule has 3 heteroatoms. The van der Waals surface area contributed by atoms with Gasteiger partial charge in [0.25, 0.3) is 0 Å². The highest BCUT2D eigenvalue weighted by molar-refractivity contribution is 5.97. The Balaban J connectivity index is 1.54. The number of rotatable bonds is 7. The van der Waals surface area contributed by atoms with Gasteiger partial charge in [0.1, 0.15) is 5.75 Å². The number of hydrogen-bond acceptors (Lipinski definition) is 2. The molecule has 0 fully saturated rings. The summed E-state index contributed by atoms with van der Waals surface area (Å²) >= 11 is 0. The molecular weight excluding hydrogens is 286 g/mol. The Labute approximate surface area is 136 Å². The van der Waals surface area contributed by atoms with Crippen LogP contribution >= 0.6 is 0 Å². The molecule has 2 aromatic carbocycles. The van der Waals surface area contributed by atoms with Gasteiger partial charge < -0.3 is 9.30 Å². The van der Waals surface area contributed by atoms with Gasteiger partial charge in [-0.1, -0.05) is 30.3 Å². The van der Waals surface area contributed by atoms with Gasteiger partial charge >= 0.3 is 0 Å². The van der Waals surface area contributed by atoms with E-state index in [2.05, 4.69) is 29.7 Å². The molecule has 0 N–H and O–H groups in total. The lowest BCUT2D eigenvalue weighted by molar-refractivity contribution is 0.112. The van der Waals surface area contributed by atoms with Crippen LogP contribution in [0, 0.1) is 6.92 Å². The van der Waals surface area contributed by atoms with Crippen molar-refractivity contribution < 1.29 is 9.53 Å². The number of fused-ring (bicyclic) bond motifs is 1. The third kappa shape index (κ3) is 3.62. The lowest BCUT2D eigenvalue weighted by atomic mass is 10.2. The number of carbonyl (C=O) groups is 1. The Kier molecular flexibility index (Phi) is 4.77. The average molecular weight is 307 g/mol. The van der Waals surface area contributed by atoms with Gasteiger partial charge in [-0.25, -0.2) is 0 Å². The van der Waals surface area contributed by atoms with Gasteiger partial charge in [0.05, 0.1) is 6.61 Å². The quantitative estimate of drug-likeness (QED) is 0.471. The Bertz CT molecular complexity index is 804. The molecule has 3 aromatic rings. The number of hydrogen-bond donors (Lipinski definition) is 0. The molecule has 0 aliphatic heterocycles. The minimum atomic E-state index is 0.712. The van der Waals surface area contributed by atoms with Gasteiger partial charge in [-0.3, -0.25) is 4.79 Å². The number of carbonyl (C=O) groups excluding carboxylic acids is 1. The van der Waals surface area contributed by atoms with Gasteiger partial charge in [0, 0.05) is 29.2 Å². The monoisotopic (exact) mass is 307 g/mol. The molecule has 3 nitrogen and oxygen atoms in total. The molecule has 0 saturated carbocycles. The Morgan fingerprint density at radius 1 is 1.09 bits per heavy atom. The van der Waals surface area contributed by atoms with Crippen molar-refractivity contribution in [3.63, 3.8) is 0 Å². The topological polar surface area (TPSA) is 31.2 Å². The minimum Gasteiger partial charge on any atom is -0.494 e. The van der Waals surface area contributed by atoms with Gasteiger partial charge in [-0.2, -0.15) is 0 Å². The normalized spacial score (nSPS) is 10.8. The van der Waals surface area contributed by atoms with Crippen LogP contribution in [-0.4, -0.2) is 17.5 Å². The number of aromatic nitrogens is 1. The predicted octanol–water partition coefficient (Wildman–Crippen LogP) is 4.62. The van der Waals surface area contributed by atoms with E-state index >= 15 is 0 Å². The standard InChI is InChI=1S/C20H21NO2/c1-16-7-6-8-18(13-16)23-12-5-4-11-21-14-17(15-22)19-9-2-3-10-20(19)21/h2-3,6-10,13-15H,4-5,11-12H2,1H3. The van der Waals surface area contributed by atoms with Crippen LogP contribution in [0.1, 0.15) is 28.8 Å². The molecule has 0 aliphatic rings. The van der Waals surface area contributed by atoms with Crippen molar-refractivity contribution >= 4 is 17.2 Å². The number of aryl methyl sites for hydroxylation is 2. The molecule has 1 heterocycles. The minimum absolute atomic E-state index is 0.712. The summed E-state index contributed by atoms with van der Waals surface area (Å²) in [5.41, 5.74) is 3.09. The van der Waals surface area contributed by atoms with Gasteiger partial charge in [-0.15, -0.1) is 0 Å².